The number of alkyl carbamates (subject to hydrolysis) is 1. The molecule has 0 fully saturated rings. The summed E-state index contributed by atoms with van der Waals surface area (Å²) in [6.07, 6.45) is -5.37. The van der Waals surface area contributed by atoms with Gasteiger partial charge in [0.1, 0.15) is 18.7 Å². The minimum absolute atomic E-state index is 0.00974. The molecule has 0 heterocycles. The number of amides is 3. The van der Waals surface area contributed by atoms with Crippen LogP contribution in [0.25, 0.3) is 0 Å². The van der Waals surface area contributed by atoms with E-state index >= 15 is 0 Å². The van der Waals surface area contributed by atoms with Crippen LogP contribution in [-0.4, -0.2) is 30.0 Å². The molecular formula is C27H26F3N3O4. The van der Waals surface area contributed by atoms with Gasteiger partial charge in [-0.3, -0.25) is 9.59 Å². The van der Waals surface area contributed by atoms with Crippen molar-refractivity contribution in [3.63, 3.8) is 0 Å². The monoisotopic (exact) mass is 513 g/mol. The van der Waals surface area contributed by atoms with Crippen LogP contribution < -0.4 is 16.4 Å². The molecule has 0 aromatic heterocycles. The molecule has 0 aliphatic heterocycles. The first-order chi connectivity index (χ1) is 17.6. The van der Waals surface area contributed by atoms with Crippen LogP contribution in [-0.2, 0) is 40.0 Å². The quantitative estimate of drug-likeness (QED) is 0.384. The minimum atomic E-state index is -4.50. The summed E-state index contributed by atoms with van der Waals surface area (Å²) in [6, 6.07) is 19.7. The zero-order valence-corrected chi connectivity index (χ0v) is 19.7. The molecule has 0 aliphatic rings. The topological polar surface area (TPSA) is 111 Å². The number of nitrogens with one attached hydrogen (secondary N) is 2. The average Bonchev–Trinajstić information content (AvgIpc) is 2.87. The first-order valence-electron chi connectivity index (χ1n) is 11.4. The number of hydrogen-bond acceptors (Lipinski definition) is 4. The van der Waals surface area contributed by atoms with Crippen LogP contribution in [0.1, 0.15) is 22.3 Å². The lowest BCUT2D eigenvalue weighted by atomic mass is 10.0. The highest BCUT2D eigenvalue weighted by Crippen LogP contribution is 2.29. The highest BCUT2D eigenvalue weighted by molar-refractivity contribution is 5.91. The number of alkyl halides is 3. The zero-order chi connectivity index (χ0) is 26.8. The van der Waals surface area contributed by atoms with E-state index < -0.39 is 41.7 Å². The highest BCUT2D eigenvalue weighted by Gasteiger charge is 2.30. The van der Waals surface area contributed by atoms with Crippen LogP contribution in [0.5, 0.6) is 0 Å². The van der Waals surface area contributed by atoms with Gasteiger partial charge in [0.15, 0.2) is 0 Å². The van der Waals surface area contributed by atoms with Crippen LogP contribution in [0, 0.1) is 0 Å². The lowest BCUT2D eigenvalue weighted by Crippen LogP contribution is -2.54. The van der Waals surface area contributed by atoms with Gasteiger partial charge in [0, 0.05) is 12.8 Å². The molecule has 0 spiro atoms. The van der Waals surface area contributed by atoms with Crippen LogP contribution in [0.4, 0.5) is 18.0 Å². The number of carbonyl (C=O) groups is 3. The molecule has 3 rings (SSSR count). The van der Waals surface area contributed by atoms with Crippen molar-refractivity contribution >= 4 is 17.9 Å². The standard InChI is InChI=1S/C27H26F3N3O4/c28-27(29,30)21-13-11-19(12-14-21)15-22(24(31)34)32-25(35)23(16-18-7-3-1-4-8-18)33-26(36)37-17-20-9-5-2-6-10-20/h1-14,22-23H,15-17H2,(H2,31,34)(H,32,35)(H,33,36)/t22-,23+/m1/s1. The predicted molar refractivity (Wildman–Crippen MR) is 130 cm³/mol. The van der Waals surface area contributed by atoms with Gasteiger partial charge in [-0.15, -0.1) is 0 Å². The molecule has 0 saturated carbocycles. The van der Waals surface area contributed by atoms with E-state index in [1.165, 1.54) is 12.1 Å². The third kappa shape index (κ3) is 8.68. The van der Waals surface area contributed by atoms with Gasteiger partial charge in [0.05, 0.1) is 5.56 Å². The van der Waals surface area contributed by atoms with Crippen molar-refractivity contribution in [2.24, 2.45) is 5.73 Å². The van der Waals surface area contributed by atoms with E-state index in [9.17, 15) is 27.6 Å². The van der Waals surface area contributed by atoms with E-state index in [1.54, 1.807) is 54.6 Å². The second-order valence-corrected chi connectivity index (χ2v) is 8.31. The van der Waals surface area contributed by atoms with Gasteiger partial charge < -0.3 is 21.1 Å². The van der Waals surface area contributed by atoms with E-state index in [4.69, 9.17) is 10.5 Å². The summed E-state index contributed by atoms with van der Waals surface area (Å²) >= 11 is 0. The Bertz CT molecular complexity index is 1190. The fourth-order valence-electron chi connectivity index (χ4n) is 3.53. The van der Waals surface area contributed by atoms with Crippen molar-refractivity contribution < 1.29 is 32.3 Å². The summed E-state index contributed by atoms with van der Waals surface area (Å²) in [5.74, 6) is -1.57. The van der Waals surface area contributed by atoms with Crippen molar-refractivity contribution in [2.45, 2.75) is 37.7 Å². The Morgan fingerprint density at radius 3 is 1.78 bits per heavy atom. The Morgan fingerprint density at radius 2 is 1.24 bits per heavy atom. The van der Waals surface area contributed by atoms with E-state index in [2.05, 4.69) is 10.6 Å². The Kier molecular flexibility index (Phi) is 9.26. The Morgan fingerprint density at radius 1 is 0.730 bits per heavy atom. The van der Waals surface area contributed by atoms with Crippen LogP contribution >= 0.6 is 0 Å². The fourth-order valence-corrected chi connectivity index (χ4v) is 3.53. The molecule has 0 unspecified atom stereocenters. The second-order valence-electron chi connectivity index (χ2n) is 8.31. The predicted octanol–water partition coefficient (Wildman–Crippen LogP) is 3.76. The number of carbonyl (C=O) groups excluding carboxylic acids is 3. The van der Waals surface area contributed by atoms with Gasteiger partial charge in [-0.1, -0.05) is 72.8 Å². The van der Waals surface area contributed by atoms with Crippen LogP contribution in [0.3, 0.4) is 0 Å². The molecular weight excluding hydrogens is 487 g/mol. The van der Waals surface area contributed by atoms with Gasteiger partial charge in [0.25, 0.3) is 0 Å². The van der Waals surface area contributed by atoms with E-state index in [0.29, 0.717) is 5.56 Å². The largest absolute Gasteiger partial charge is 0.445 e. The smallest absolute Gasteiger partial charge is 0.416 e. The molecule has 4 N–H and O–H groups in total. The molecule has 10 heteroatoms. The van der Waals surface area contributed by atoms with Gasteiger partial charge in [0.2, 0.25) is 11.8 Å². The van der Waals surface area contributed by atoms with Gasteiger partial charge >= 0.3 is 12.3 Å². The first-order valence-corrected chi connectivity index (χ1v) is 11.4. The number of primary amides is 1. The van der Waals surface area contributed by atoms with Gasteiger partial charge in [-0.2, -0.15) is 13.2 Å². The van der Waals surface area contributed by atoms with Gasteiger partial charge in [-0.25, -0.2) is 4.79 Å². The lowest BCUT2D eigenvalue weighted by molar-refractivity contribution is -0.137. The van der Waals surface area contributed by atoms with Crippen molar-refractivity contribution in [2.75, 3.05) is 0 Å². The maximum Gasteiger partial charge on any atom is 0.416 e. The fraction of sp³-hybridized carbons (Fsp3) is 0.222. The maximum atomic E-state index is 13.1. The second kappa shape index (κ2) is 12.6. The molecule has 0 bridgehead atoms. The molecule has 0 saturated heterocycles. The molecule has 194 valence electrons. The SMILES string of the molecule is NC(=O)[C@@H](Cc1ccc(C(F)(F)F)cc1)NC(=O)[C@H](Cc1ccccc1)NC(=O)OCc1ccccc1. The molecule has 37 heavy (non-hydrogen) atoms. The first kappa shape index (κ1) is 27.3. The molecule has 0 aliphatic carbocycles. The van der Waals surface area contributed by atoms with Crippen LogP contribution in [0.15, 0.2) is 84.9 Å². The van der Waals surface area contributed by atoms with Gasteiger partial charge in [-0.05, 0) is 28.8 Å². The summed E-state index contributed by atoms with van der Waals surface area (Å²) in [5, 5.41) is 5.02. The average molecular weight is 514 g/mol. The molecule has 0 radical (unpaired) electrons. The third-order valence-electron chi connectivity index (χ3n) is 5.48. The van der Waals surface area contributed by atoms with Crippen molar-refractivity contribution in [3.8, 4) is 0 Å². The molecule has 3 amide bonds. The summed E-state index contributed by atoms with van der Waals surface area (Å²) < 4.78 is 43.7. The van der Waals surface area contributed by atoms with E-state index in [1.807, 2.05) is 6.07 Å². The Balaban J connectivity index is 1.69. The number of halogens is 3. The minimum Gasteiger partial charge on any atom is -0.445 e. The Labute approximate surface area is 211 Å². The number of benzene rings is 3. The van der Waals surface area contributed by atoms with Crippen LogP contribution in [0.2, 0.25) is 0 Å². The highest BCUT2D eigenvalue weighted by atomic mass is 19.4. The third-order valence-corrected chi connectivity index (χ3v) is 5.48. The lowest BCUT2D eigenvalue weighted by Gasteiger charge is -2.22. The molecule has 3 aromatic rings. The summed E-state index contributed by atoms with van der Waals surface area (Å²) in [4.78, 5) is 37.6. The number of hydrogen-bond donors (Lipinski definition) is 3. The normalized spacial score (nSPS) is 12.7. The molecule has 3 aromatic carbocycles. The van der Waals surface area contributed by atoms with E-state index in [-0.39, 0.29) is 19.4 Å². The van der Waals surface area contributed by atoms with Crippen molar-refractivity contribution in [1.82, 2.24) is 10.6 Å². The molecule has 2 atom stereocenters. The number of rotatable bonds is 10. The molecule has 7 nitrogen and oxygen atoms in total. The van der Waals surface area contributed by atoms with E-state index in [0.717, 1.165) is 23.3 Å². The summed E-state index contributed by atoms with van der Waals surface area (Å²) in [5.41, 5.74) is 6.48. The van der Waals surface area contributed by atoms with Crippen molar-refractivity contribution in [1.29, 1.82) is 0 Å². The van der Waals surface area contributed by atoms with Crippen molar-refractivity contribution in [3.05, 3.63) is 107 Å². The zero-order valence-electron chi connectivity index (χ0n) is 19.7. The number of nitrogens with two attached hydrogens (primary N) is 1. The number of ether oxygens (including phenoxy) is 1. The Hall–Kier alpha value is -4.34. The summed E-state index contributed by atoms with van der Waals surface area (Å²) in [7, 11) is 0. The maximum absolute atomic E-state index is 13.1. The summed E-state index contributed by atoms with van der Waals surface area (Å²) in [6.45, 7) is -0.00974.